The zero-order chi connectivity index (χ0) is 23.3. The number of halogens is 1. The molecule has 0 aliphatic heterocycles. The molecule has 4 rings (SSSR count). The number of hydrogen-bond donors (Lipinski definition) is 2. The van der Waals surface area contributed by atoms with E-state index in [1.165, 1.54) is 4.90 Å². The van der Waals surface area contributed by atoms with Gasteiger partial charge in [-0.15, -0.1) is 11.3 Å². The monoisotopic (exact) mass is 514 g/mol. The second-order valence-corrected chi connectivity index (χ2v) is 12.0. The fourth-order valence-electron chi connectivity index (χ4n) is 5.02. The van der Waals surface area contributed by atoms with Crippen LogP contribution in [0.25, 0.3) is 21.7 Å². The minimum absolute atomic E-state index is 0.362. The Morgan fingerprint density at radius 1 is 1.06 bits per heavy atom. The molecule has 32 heavy (non-hydrogen) atoms. The molecule has 1 fully saturated rings. The second-order valence-electron chi connectivity index (χ2n) is 9.76. The summed E-state index contributed by atoms with van der Waals surface area (Å²) in [6.45, 7) is 7.44. The molecule has 5 nitrogen and oxygen atoms in total. The van der Waals surface area contributed by atoms with Crippen molar-refractivity contribution in [2.24, 2.45) is 0 Å². The Bertz CT molecular complexity index is 1130. The molecule has 168 valence electrons. The fraction of sp³-hybridized carbons (Fsp3) is 0.360. The lowest BCUT2D eigenvalue weighted by Crippen LogP contribution is -2.67. The van der Waals surface area contributed by atoms with Gasteiger partial charge in [-0.1, -0.05) is 54.6 Å². The van der Waals surface area contributed by atoms with E-state index in [1.807, 2.05) is 63.2 Å². The van der Waals surface area contributed by atoms with Gasteiger partial charge in [0.1, 0.15) is 0 Å². The van der Waals surface area contributed by atoms with E-state index in [1.54, 1.807) is 18.3 Å². The molecule has 0 spiro atoms. The number of nitrogens with zero attached hydrogens (tertiary/aromatic N) is 2. The molecule has 1 saturated carbocycles. The van der Waals surface area contributed by atoms with Crippen LogP contribution in [0.2, 0.25) is 0 Å². The largest absolute Gasteiger partial charge is 0.465 e. The molecule has 0 unspecified atom stereocenters. The third-order valence-electron chi connectivity index (χ3n) is 5.97. The van der Waals surface area contributed by atoms with Crippen LogP contribution in [0.3, 0.4) is 0 Å². The minimum Gasteiger partial charge on any atom is -0.465 e. The predicted octanol–water partition coefficient (Wildman–Crippen LogP) is 6.76. The Morgan fingerprint density at radius 2 is 1.66 bits per heavy atom. The van der Waals surface area contributed by atoms with Crippen molar-refractivity contribution in [3.05, 3.63) is 64.1 Å². The lowest BCUT2D eigenvalue weighted by molar-refractivity contribution is -0.152. The van der Waals surface area contributed by atoms with Crippen LogP contribution in [0.4, 0.5) is 4.79 Å². The number of amides is 1. The first kappa shape index (κ1) is 23.0. The number of carbonyl (C=O) groups is 1. The van der Waals surface area contributed by atoms with Crippen LogP contribution in [0.15, 0.2) is 58.5 Å². The van der Waals surface area contributed by atoms with Gasteiger partial charge in [-0.3, -0.25) is 4.90 Å². The summed E-state index contributed by atoms with van der Waals surface area (Å²) in [7, 11) is 0. The molecular weight excluding hydrogens is 488 g/mol. The Kier molecular flexibility index (Phi) is 5.72. The zero-order valence-electron chi connectivity index (χ0n) is 18.6. The van der Waals surface area contributed by atoms with Crippen molar-refractivity contribution in [1.29, 1.82) is 0 Å². The Morgan fingerprint density at radius 3 is 2.16 bits per heavy atom. The number of aromatic nitrogens is 1. The molecule has 0 radical (unpaired) electrons. The van der Waals surface area contributed by atoms with Crippen molar-refractivity contribution in [1.82, 2.24) is 9.88 Å². The highest BCUT2D eigenvalue weighted by atomic mass is 79.9. The van der Waals surface area contributed by atoms with E-state index in [-0.39, 0.29) is 0 Å². The second kappa shape index (κ2) is 7.97. The topological polar surface area (TPSA) is 73.7 Å². The first-order valence-corrected chi connectivity index (χ1v) is 12.1. The number of thiazole rings is 1. The van der Waals surface area contributed by atoms with Gasteiger partial charge in [0.15, 0.2) is 3.92 Å². The summed E-state index contributed by atoms with van der Waals surface area (Å²) in [4.78, 5) is 19.6. The quantitative estimate of drug-likeness (QED) is 0.403. The third-order valence-corrected chi connectivity index (χ3v) is 7.53. The van der Waals surface area contributed by atoms with Crippen molar-refractivity contribution >= 4 is 33.4 Å². The van der Waals surface area contributed by atoms with Crippen LogP contribution in [0.5, 0.6) is 0 Å². The van der Waals surface area contributed by atoms with Crippen LogP contribution < -0.4 is 0 Å². The maximum atomic E-state index is 12.3. The van der Waals surface area contributed by atoms with Crippen molar-refractivity contribution in [3.63, 3.8) is 0 Å². The highest BCUT2D eigenvalue weighted by molar-refractivity contribution is 9.11. The van der Waals surface area contributed by atoms with E-state index < -0.39 is 22.8 Å². The standard InChI is InChI=1S/C25H27BrN2O3S/c1-23(2,3)28(22(29)30)25(14-24(4,31)15-25)18-12-10-16(11-13-18)19-20(32-21(26)27-19)17-8-6-5-7-9-17/h5-13,31H,14-15H2,1-4H3,(H,29,30). The number of rotatable bonds is 4. The summed E-state index contributed by atoms with van der Waals surface area (Å²) in [5.41, 5.74) is 1.58. The molecule has 1 aliphatic rings. The number of benzene rings is 2. The number of carboxylic acid groups (broad SMARTS) is 1. The van der Waals surface area contributed by atoms with E-state index in [9.17, 15) is 15.0 Å². The summed E-state index contributed by atoms with van der Waals surface area (Å²) < 4.78 is 0.812. The Hall–Kier alpha value is -2.22. The summed E-state index contributed by atoms with van der Waals surface area (Å²) in [5, 5.41) is 20.6. The molecule has 0 bridgehead atoms. The van der Waals surface area contributed by atoms with Gasteiger partial charge in [0.2, 0.25) is 0 Å². The van der Waals surface area contributed by atoms with E-state index in [0.717, 1.165) is 31.2 Å². The lowest BCUT2D eigenvalue weighted by atomic mass is 9.60. The van der Waals surface area contributed by atoms with Gasteiger partial charge in [0.25, 0.3) is 0 Å². The van der Waals surface area contributed by atoms with Crippen molar-refractivity contribution in [2.45, 2.75) is 57.2 Å². The van der Waals surface area contributed by atoms with Gasteiger partial charge in [-0.05, 0) is 54.8 Å². The normalized spacial score (nSPS) is 22.9. The average molecular weight is 515 g/mol. The van der Waals surface area contributed by atoms with Crippen LogP contribution in [0, 0.1) is 0 Å². The summed E-state index contributed by atoms with van der Waals surface area (Å²) in [5.74, 6) is 0. The van der Waals surface area contributed by atoms with Gasteiger partial charge in [-0.25, -0.2) is 9.78 Å². The van der Waals surface area contributed by atoms with Crippen LogP contribution in [-0.2, 0) is 5.54 Å². The molecule has 3 aromatic rings. The maximum absolute atomic E-state index is 12.3. The van der Waals surface area contributed by atoms with Crippen LogP contribution in [0.1, 0.15) is 46.1 Å². The molecule has 1 amide bonds. The Labute approximate surface area is 200 Å². The van der Waals surface area contributed by atoms with Gasteiger partial charge in [0, 0.05) is 23.9 Å². The van der Waals surface area contributed by atoms with E-state index in [2.05, 4.69) is 28.1 Å². The molecule has 0 saturated heterocycles. The van der Waals surface area contributed by atoms with Gasteiger partial charge >= 0.3 is 6.09 Å². The van der Waals surface area contributed by atoms with Crippen LogP contribution >= 0.6 is 27.3 Å². The molecule has 1 heterocycles. The molecule has 1 aromatic heterocycles. The predicted molar refractivity (Wildman–Crippen MR) is 132 cm³/mol. The van der Waals surface area contributed by atoms with Crippen molar-refractivity contribution < 1.29 is 15.0 Å². The van der Waals surface area contributed by atoms with Crippen LogP contribution in [-0.4, -0.2) is 37.3 Å². The maximum Gasteiger partial charge on any atom is 0.408 e. The lowest BCUT2D eigenvalue weighted by Gasteiger charge is -2.60. The molecule has 2 N–H and O–H groups in total. The molecular formula is C25H27BrN2O3S. The fourth-order valence-corrected chi connectivity index (χ4v) is 6.51. The number of aliphatic hydroxyl groups is 1. The van der Waals surface area contributed by atoms with Gasteiger partial charge < -0.3 is 10.2 Å². The highest BCUT2D eigenvalue weighted by Gasteiger charge is 2.59. The average Bonchev–Trinajstić information content (AvgIpc) is 3.07. The van der Waals surface area contributed by atoms with E-state index in [0.29, 0.717) is 12.8 Å². The summed E-state index contributed by atoms with van der Waals surface area (Å²) in [6.07, 6.45) is -0.257. The minimum atomic E-state index is -0.980. The summed E-state index contributed by atoms with van der Waals surface area (Å²) >= 11 is 5.11. The number of hydrogen-bond acceptors (Lipinski definition) is 4. The van der Waals surface area contributed by atoms with E-state index >= 15 is 0 Å². The zero-order valence-corrected chi connectivity index (χ0v) is 21.0. The highest BCUT2D eigenvalue weighted by Crippen LogP contribution is 2.54. The molecule has 7 heteroatoms. The SMILES string of the molecule is CC1(O)CC(c2ccc(-c3nc(Br)sc3-c3ccccc3)cc2)(N(C(=O)O)C(C)(C)C)C1. The third kappa shape index (κ3) is 4.09. The first-order chi connectivity index (χ1) is 14.9. The molecule has 2 aromatic carbocycles. The van der Waals surface area contributed by atoms with Gasteiger partial charge in [-0.2, -0.15) is 0 Å². The molecule has 0 atom stereocenters. The first-order valence-electron chi connectivity index (χ1n) is 10.5. The van der Waals surface area contributed by atoms with Crippen molar-refractivity contribution in [3.8, 4) is 21.7 Å². The summed E-state index contributed by atoms with van der Waals surface area (Å²) in [6, 6.07) is 18.1. The van der Waals surface area contributed by atoms with Crippen molar-refractivity contribution in [2.75, 3.05) is 0 Å². The van der Waals surface area contributed by atoms with Gasteiger partial charge in [0.05, 0.1) is 21.7 Å². The Balaban J connectivity index is 1.76. The van der Waals surface area contributed by atoms with E-state index in [4.69, 9.17) is 4.98 Å². The molecule has 1 aliphatic carbocycles. The smallest absolute Gasteiger partial charge is 0.408 e.